The highest BCUT2D eigenvalue weighted by Crippen LogP contribution is 2.18. The van der Waals surface area contributed by atoms with Gasteiger partial charge in [-0.1, -0.05) is 26.7 Å². The summed E-state index contributed by atoms with van der Waals surface area (Å²) in [7, 11) is 0. The summed E-state index contributed by atoms with van der Waals surface area (Å²) in [6.45, 7) is 5.93. The van der Waals surface area contributed by atoms with E-state index in [1.165, 1.54) is 11.1 Å². The first kappa shape index (κ1) is 11.0. The Bertz CT molecular complexity index is 312. The van der Waals surface area contributed by atoms with Crippen molar-refractivity contribution in [2.75, 3.05) is 0 Å². The van der Waals surface area contributed by atoms with Gasteiger partial charge in [-0.15, -0.1) is 0 Å². The van der Waals surface area contributed by atoms with Crippen LogP contribution in [0.3, 0.4) is 0 Å². The van der Waals surface area contributed by atoms with E-state index < -0.39 is 0 Å². The molecule has 1 heterocycles. The molecule has 0 fully saturated rings. The lowest BCUT2D eigenvalue weighted by atomic mass is 10.0. The van der Waals surface area contributed by atoms with Crippen LogP contribution in [0.5, 0.6) is 0 Å². The Labute approximate surface area is 85.7 Å². The van der Waals surface area contributed by atoms with Gasteiger partial charge in [-0.25, -0.2) is 0 Å². The molecule has 1 aromatic rings. The smallest absolute Gasteiger partial charge is 0.176 e. The van der Waals surface area contributed by atoms with Crippen LogP contribution in [0.2, 0.25) is 0 Å². The van der Waals surface area contributed by atoms with Crippen molar-refractivity contribution in [3.63, 3.8) is 0 Å². The minimum absolute atomic E-state index is 0.149. The molecule has 0 amide bonds. The third kappa shape index (κ3) is 2.25. The van der Waals surface area contributed by atoms with Crippen molar-refractivity contribution >= 4 is 5.78 Å². The molecule has 0 spiro atoms. The maximum Gasteiger partial charge on any atom is 0.176 e. The number of nitrogens with one attached hydrogen (secondary N) is 1. The second-order valence-electron chi connectivity index (χ2n) is 3.72. The standard InChI is InChI=1S/C12H19NO/c1-4-6-10-8-13-12(9(3)14)11(10)7-5-2/h8,13H,4-7H2,1-3H3. The predicted octanol–water partition coefficient (Wildman–Crippen LogP) is 3.12. The average Bonchev–Trinajstić information content (AvgIpc) is 2.50. The molecule has 0 aromatic carbocycles. The van der Waals surface area contributed by atoms with Gasteiger partial charge in [-0.3, -0.25) is 4.79 Å². The molecule has 0 atom stereocenters. The van der Waals surface area contributed by atoms with Crippen molar-refractivity contribution in [1.82, 2.24) is 4.98 Å². The lowest BCUT2D eigenvalue weighted by Crippen LogP contribution is -1.99. The number of Topliss-reactive ketones (excluding diaryl/α,β-unsaturated/α-hetero) is 1. The molecule has 2 heteroatoms. The van der Waals surface area contributed by atoms with E-state index in [9.17, 15) is 4.79 Å². The molecule has 0 saturated heterocycles. The van der Waals surface area contributed by atoms with E-state index in [0.717, 1.165) is 31.4 Å². The highest BCUT2D eigenvalue weighted by atomic mass is 16.1. The Morgan fingerprint density at radius 2 is 1.93 bits per heavy atom. The fraction of sp³-hybridized carbons (Fsp3) is 0.583. The van der Waals surface area contributed by atoms with Crippen LogP contribution in [0.4, 0.5) is 0 Å². The Morgan fingerprint density at radius 1 is 1.29 bits per heavy atom. The molecule has 0 bridgehead atoms. The van der Waals surface area contributed by atoms with E-state index in [1.807, 2.05) is 6.20 Å². The Balaban J connectivity index is 3.00. The quantitative estimate of drug-likeness (QED) is 0.716. The zero-order valence-corrected chi connectivity index (χ0v) is 9.31. The van der Waals surface area contributed by atoms with Gasteiger partial charge in [0.2, 0.25) is 0 Å². The predicted molar refractivity (Wildman–Crippen MR) is 58.8 cm³/mol. The molecule has 0 aliphatic rings. The fourth-order valence-corrected chi connectivity index (χ4v) is 1.84. The topological polar surface area (TPSA) is 32.9 Å². The second-order valence-corrected chi connectivity index (χ2v) is 3.72. The van der Waals surface area contributed by atoms with Gasteiger partial charge in [0.25, 0.3) is 0 Å². The van der Waals surface area contributed by atoms with Crippen LogP contribution in [-0.2, 0) is 12.8 Å². The van der Waals surface area contributed by atoms with E-state index in [4.69, 9.17) is 0 Å². The molecule has 0 unspecified atom stereocenters. The number of ketones is 1. The monoisotopic (exact) mass is 193 g/mol. The van der Waals surface area contributed by atoms with Crippen LogP contribution < -0.4 is 0 Å². The van der Waals surface area contributed by atoms with Crippen molar-refractivity contribution in [1.29, 1.82) is 0 Å². The number of aromatic amines is 1. The summed E-state index contributed by atoms with van der Waals surface area (Å²) in [6, 6.07) is 0. The lowest BCUT2D eigenvalue weighted by Gasteiger charge is -2.02. The summed E-state index contributed by atoms with van der Waals surface area (Å²) in [5.41, 5.74) is 3.37. The number of hydrogen-bond donors (Lipinski definition) is 1. The van der Waals surface area contributed by atoms with Crippen LogP contribution in [-0.4, -0.2) is 10.8 Å². The minimum Gasteiger partial charge on any atom is -0.358 e. The number of aryl methyl sites for hydroxylation is 1. The van der Waals surface area contributed by atoms with Crippen molar-refractivity contribution in [3.8, 4) is 0 Å². The van der Waals surface area contributed by atoms with Gasteiger partial charge in [0.05, 0.1) is 5.69 Å². The van der Waals surface area contributed by atoms with Crippen molar-refractivity contribution in [2.45, 2.75) is 46.5 Å². The first-order chi connectivity index (χ1) is 6.70. The van der Waals surface area contributed by atoms with E-state index in [0.29, 0.717) is 0 Å². The van der Waals surface area contributed by atoms with Crippen LogP contribution in [0.25, 0.3) is 0 Å². The van der Waals surface area contributed by atoms with Crippen LogP contribution in [0, 0.1) is 0 Å². The second kappa shape index (κ2) is 4.99. The van der Waals surface area contributed by atoms with Gasteiger partial charge in [-0.05, 0) is 24.0 Å². The van der Waals surface area contributed by atoms with Gasteiger partial charge in [0.1, 0.15) is 0 Å². The van der Waals surface area contributed by atoms with Crippen molar-refractivity contribution < 1.29 is 4.79 Å². The Morgan fingerprint density at radius 3 is 2.43 bits per heavy atom. The molecule has 1 aromatic heterocycles. The number of aromatic nitrogens is 1. The zero-order valence-electron chi connectivity index (χ0n) is 9.31. The van der Waals surface area contributed by atoms with Gasteiger partial charge in [0, 0.05) is 13.1 Å². The average molecular weight is 193 g/mol. The first-order valence-corrected chi connectivity index (χ1v) is 5.40. The van der Waals surface area contributed by atoms with Crippen LogP contribution >= 0.6 is 0 Å². The van der Waals surface area contributed by atoms with Crippen molar-refractivity contribution in [3.05, 3.63) is 23.0 Å². The molecule has 0 saturated carbocycles. The molecule has 0 radical (unpaired) electrons. The summed E-state index contributed by atoms with van der Waals surface area (Å²) in [6.07, 6.45) is 6.29. The number of H-pyrrole nitrogens is 1. The molecule has 78 valence electrons. The van der Waals surface area contributed by atoms with Gasteiger partial charge < -0.3 is 4.98 Å². The highest BCUT2D eigenvalue weighted by Gasteiger charge is 2.12. The summed E-state index contributed by atoms with van der Waals surface area (Å²) >= 11 is 0. The largest absolute Gasteiger partial charge is 0.358 e. The molecule has 14 heavy (non-hydrogen) atoms. The summed E-state index contributed by atoms with van der Waals surface area (Å²) in [4.78, 5) is 14.4. The normalized spacial score (nSPS) is 10.5. The molecule has 1 rings (SSSR count). The summed E-state index contributed by atoms with van der Waals surface area (Å²) < 4.78 is 0. The van der Waals surface area contributed by atoms with Crippen LogP contribution in [0.1, 0.15) is 55.2 Å². The molecule has 0 aliphatic carbocycles. The van der Waals surface area contributed by atoms with E-state index in [1.54, 1.807) is 6.92 Å². The van der Waals surface area contributed by atoms with E-state index in [-0.39, 0.29) is 5.78 Å². The molecular formula is C12H19NO. The zero-order chi connectivity index (χ0) is 10.6. The van der Waals surface area contributed by atoms with E-state index in [2.05, 4.69) is 18.8 Å². The van der Waals surface area contributed by atoms with Gasteiger partial charge in [0.15, 0.2) is 5.78 Å². The highest BCUT2D eigenvalue weighted by molar-refractivity contribution is 5.94. The summed E-state index contributed by atoms with van der Waals surface area (Å²) in [5, 5.41) is 0. The SMILES string of the molecule is CCCc1c[nH]c(C(C)=O)c1CCC. The lowest BCUT2D eigenvalue weighted by molar-refractivity contribution is 0.101. The summed E-state index contributed by atoms with van der Waals surface area (Å²) in [5.74, 6) is 0.149. The number of carbonyl (C=O) groups is 1. The number of rotatable bonds is 5. The maximum atomic E-state index is 11.3. The van der Waals surface area contributed by atoms with Crippen molar-refractivity contribution in [2.24, 2.45) is 0 Å². The molecule has 0 aliphatic heterocycles. The molecular weight excluding hydrogens is 174 g/mol. The molecule has 2 nitrogen and oxygen atoms in total. The molecule has 1 N–H and O–H groups in total. The van der Waals surface area contributed by atoms with Gasteiger partial charge in [-0.2, -0.15) is 0 Å². The Hall–Kier alpha value is -1.05. The van der Waals surface area contributed by atoms with Gasteiger partial charge >= 0.3 is 0 Å². The Kier molecular flexibility index (Phi) is 3.93. The third-order valence-electron chi connectivity index (χ3n) is 2.45. The number of carbonyl (C=O) groups excluding carboxylic acids is 1. The third-order valence-corrected chi connectivity index (χ3v) is 2.45. The minimum atomic E-state index is 0.149. The number of hydrogen-bond acceptors (Lipinski definition) is 1. The van der Waals surface area contributed by atoms with E-state index >= 15 is 0 Å². The maximum absolute atomic E-state index is 11.3. The fourth-order valence-electron chi connectivity index (χ4n) is 1.84. The van der Waals surface area contributed by atoms with Crippen LogP contribution in [0.15, 0.2) is 6.20 Å². The first-order valence-electron chi connectivity index (χ1n) is 5.40.